The number of aromatic nitrogens is 2. The van der Waals surface area contributed by atoms with Gasteiger partial charge in [-0.1, -0.05) is 6.92 Å². The molecule has 2 rings (SSSR count). The minimum absolute atomic E-state index is 0.465. The SMILES string of the molecule is CCC1CCCN1c1ncnc(OC)c1N. The predicted molar refractivity (Wildman–Crippen MR) is 63.7 cm³/mol. The van der Waals surface area contributed by atoms with Crippen molar-refractivity contribution in [3.05, 3.63) is 6.33 Å². The van der Waals surface area contributed by atoms with Crippen molar-refractivity contribution in [2.75, 3.05) is 24.3 Å². The lowest BCUT2D eigenvalue weighted by Crippen LogP contribution is -2.30. The number of ether oxygens (including phenoxy) is 1. The predicted octanol–water partition coefficient (Wildman–Crippen LogP) is 1.45. The number of nitrogens with zero attached hydrogens (tertiary/aromatic N) is 3. The summed E-state index contributed by atoms with van der Waals surface area (Å²) in [7, 11) is 1.57. The van der Waals surface area contributed by atoms with E-state index in [-0.39, 0.29) is 0 Å². The summed E-state index contributed by atoms with van der Waals surface area (Å²) in [6.07, 6.45) is 5.04. The van der Waals surface area contributed by atoms with Crippen molar-refractivity contribution in [2.24, 2.45) is 0 Å². The first-order chi connectivity index (χ1) is 7.77. The van der Waals surface area contributed by atoms with Crippen LogP contribution < -0.4 is 15.4 Å². The van der Waals surface area contributed by atoms with Gasteiger partial charge < -0.3 is 15.4 Å². The van der Waals surface area contributed by atoms with E-state index in [1.54, 1.807) is 7.11 Å². The number of anilines is 2. The number of rotatable bonds is 3. The van der Waals surface area contributed by atoms with E-state index in [1.807, 2.05) is 0 Å². The van der Waals surface area contributed by atoms with E-state index in [0.717, 1.165) is 18.8 Å². The Kier molecular flexibility index (Phi) is 3.12. The van der Waals surface area contributed by atoms with Gasteiger partial charge in [0, 0.05) is 12.6 Å². The smallest absolute Gasteiger partial charge is 0.242 e. The van der Waals surface area contributed by atoms with Crippen molar-refractivity contribution in [1.29, 1.82) is 0 Å². The van der Waals surface area contributed by atoms with Crippen LogP contribution in [-0.4, -0.2) is 29.7 Å². The maximum absolute atomic E-state index is 6.00. The first-order valence-electron chi connectivity index (χ1n) is 5.69. The topological polar surface area (TPSA) is 64.3 Å². The van der Waals surface area contributed by atoms with Gasteiger partial charge in [-0.2, -0.15) is 4.98 Å². The number of methoxy groups -OCH3 is 1. The second kappa shape index (κ2) is 4.55. The van der Waals surface area contributed by atoms with E-state index in [1.165, 1.54) is 19.2 Å². The fourth-order valence-corrected chi connectivity index (χ4v) is 2.30. The molecule has 1 saturated heterocycles. The van der Waals surface area contributed by atoms with E-state index in [9.17, 15) is 0 Å². The van der Waals surface area contributed by atoms with E-state index in [2.05, 4.69) is 21.8 Å². The maximum atomic E-state index is 6.00. The van der Waals surface area contributed by atoms with Crippen LogP contribution in [0.15, 0.2) is 6.33 Å². The Bertz CT molecular complexity index is 369. The third-order valence-electron chi connectivity index (χ3n) is 3.14. The summed E-state index contributed by atoms with van der Waals surface area (Å²) in [5.41, 5.74) is 6.55. The summed E-state index contributed by atoms with van der Waals surface area (Å²) in [5, 5.41) is 0. The van der Waals surface area contributed by atoms with Crippen molar-refractivity contribution in [3.63, 3.8) is 0 Å². The van der Waals surface area contributed by atoms with Crippen LogP contribution in [0, 0.1) is 0 Å². The molecule has 1 fully saturated rings. The maximum Gasteiger partial charge on any atom is 0.242 e. The zero-order valence-corrected chi connectivity index (χ0v) is 9.81. The molecule has 5 heteroatoms. The van der Waals surface area contributed by atoms with Crippen molar-refractivity contribution >= 4 is 11.5 Å². The van der Waals surface area contributed by atoms with E-state index >= 15 is 0 Å². The molecule has 1 unspecified atom stereocenters. The molecule has 1 atom stereocenters. The second-order valence-electron chi connectivity index (χ2n) is 4.02. The molecule has 1 aromatic heterocycles. The van der Waals surface area contributed by atoms with Crippen LogP contribution >= 0.6 is 0 Å². The van der Waals surface area contributed by atoms with Gasteiger partial charge >= 0.3 is 0 Å². The summed E-state index contributed by atoms with van der Waals surface area (Å²) in [6.45, 7) is 3.21. The van der Waals surface area contributed by atoms with Crippen molar-refractivity contribution in [3.8, 4) is 5.88 Å². The highest BCUT2D eigenvalue weighted by Crippen LogP contribution is 2.33. The summed E-state index contributed by atoms with van der Waals surface area (Å²) >= 11 is 0. The van der Waals surface area contributed by atoms with Crippen LogP contribution in [0.1, 0.15) is 26.2 Å². The third kappa shape index (κ3) is 1.77. The van der Waals surface area contributed by atoms with Gasteiger partial charge in [0.15, 0.2) is 5.82 Å². The molecule has 2 N–H and O–H groups in total. The highest BCUT2D eigenvalue weighted by molar-refractivity contribution is 5.68. The molecule has 2 heterocycles. The molecular weight excluding hydrogens is 204 g/mol. The Morgan fingerprint density at radius 1 is 1.56 bits per heavy atom. The Morgan fingerprint density at radius 3 is 3.06 bits per heavy atom. The van der Waals surface area contributed by atoms with Crippen LogP contribution in [0.3, 0.4) is 0 Å². The average Bonchev–Trinajstić information content (AvgIpc) is 2.77. The second-order valence-corrected chi connectivity index (χ2v) is 4.02. The highest BCUT2D eigenvalue weighted by atomic mass is 16.5. The molecular formula is C11H18N4O. The molecule has 0 radical (unpaired) electrons. The van der Waals surface area contributed by atoms with E-state index in [0.29, 0.717) is 17.6 Å². The van der Waals surface area contributed by atoms with Gasteiger partial charge in [-0.05, 0) is 19.3 Å². The summed E-state index contributed by atoms with van der Waals surface area (Å²) in [4.78, 5) is 10.5. The molecule has 0 bridgehead atoms. The van der Waals surface area contributed by atoms with Gasteiger partial charge in [-0.15, -0.1) is 0 Å². The summed E-state index contributed by atoms with van der Waals surface area (Å²) in [6, 6.07) is 0.543. The fourth-order valence-electron chi connectivity index (χ4n) is 2.30. The minimum atomic E-state index is 0.465. The first-order valence-corrected chi connectivity index (χ1v) is 5.69. The standard InChI is InChI=1S/C11H18N4O/c1-3-8-5-4-6-15(8)10-9(12)11(16-2)14-7-13-10/h7-8H,3-6,12H2,1-2H3. The number of hydrogen-bond acceptors (Lipinski definition) is 5. The molecule has 88 valence electrons. The van der Waals surface area contributed by atoms with Crippen molar-refractivity contribution in [2.45, 2.75) is 32.2 Å². The van der Waals surface area contributed by atoms with Crippen LogP contribution in [0.5, 0.6) is 5.88 Å². The first kappa shape index (κ1) is 11.0. The van der Waals surface area contributed by atoms with Crippen LogP contribution in [-0.2, 0) is 0 Å². The normalized spacial score (nSPS) is 20.1. The number of nitrogens with two attached hydrogens (primary N) is 1. The van der Waals surface area contributed by atoms with E-state index < -0.39 is 0 Å². The Hall–Kier alpha value is -1.52. The van der Waals surface area contributed by atoms with Crippen LogP contribution in [0.4, 0.5) is 11.5 Å². The van der Waals surface area contributed by atoms with Gasteiger partial charge in [0.25, 0.3) is 0 Å². The molecule has 16 heavy (non-hydrogen) atoms. The third-order valence-corrected chi connectivity index (χ3v) is 3.14. The molecule has 5 nitrogen and oxygen atoms in total. The van der Waals surface area contributed by atoms with Crippen molar-refractivity contribution < 1.29 is 4.74 Å². The molecule has 0 spiro atoms. The molecule has 0 saturated carbocycles. The van der Waals surface area contributed by atoms with Gasteiger partial charge in [-0.25, -0.2) is 4.98 Å². The summed E-state index contributed by atoms with van der Waals surface area (Å²) in [5.74, 6) is 1.28. The molecule has 1 aliphatic rings. The lowest BCUT2D eigenvalue weighted by Gasteiger charge is -2.25. The Labute approximate surface area is 95.6 Å². The largest absolute Gasteiger partial charge is 0.479 e. The molecule has 1 aromatic rings. The minimum Gasteiger partial charge on any atom is -0.479 e. The lowest BCUT2D eigenvalue weighted by molar-refractivity contribution is 0.399. The van der Waals surface area contributed by atoms with Gasteiger partial charge in [0.05, 0.1) is 7.11 Å². The van der Waals surface area contributed by atoms with Crippen LogP contribution in [0.25, 0.3) is 0 Å². The van der Waals surface area contributed by atoms with Gasteiger partial charge in [-0.3, -0.25) is 0 Å². The molecule has 0 aliphatic carbocycles. The average molecular weight is 222 g/mol. The number of hydrogen-bond donors (Lipinski definition) is 1. The zero-order valence-electron chi connectivity index (χ0n) is 9.81. The quantitative estimate of drug-likeness (QED) is 0.838. The summed E-state index contributed by atoms with van der Waals surface area (Å²) < 4.78 is 5.11. The Morgan fingerprint density at radius 2 is 2.38 bits per heavy atom. The number of nitrogen functional groups attached to an aromatic ring is 1. The zero-order chi connectivity index (χ0) is 11.5. The van der Waals surface area contributed by atoms with Gasteiger partial charge in [0.2, 0.25) is 5.88 Å². The fraction of sp³-hybridized carbons (Fsp3) is 0.636. The van der Waals surface area contributed by atoms with Gasteiger partial charge in [0.1, 0.15) is 12.0 Å². The molecule has 0 amide bonds. The highest BCUT2D eigenvalue weighted by Gasteiger charge is 2.26. The van der Waals surface area contributed by atoms with Crippen molar-refractivity contribution in [1.82, 2.24) is 9.97 Å². The molecule has 0 aromatic carbocycles. The lowest BCUT2D eigenvalue weighted by atomic mass is 10.2. The van der Waals surface area contributed by atoms with E-state index in [4.69, 9.17) is 10.5 Å². The Balaban J connectivity index is 2.32. The van der Waals surface area contributed by atoms with Crippen LogP contribution in [0.2, 0.25) is 0 Å². The monoisotopic (exact) mass is 222 g/mol. The molecule has 1 aliphatic heterocycles.